The third-order valence-corrected chi connectivity index (χ3v) is 4.72. The number of aromatic nitrogens is 2. The topological polar surface area (TPSA) is 50.3 Å². The smallest absolute Gasteiger partial charge is 0.222 e. The molecule has 6 heteroatoms. The van der Waals surface area contributed by atoms with Gasteiger partial charge < -0.3 is 15.0 Å². The standard InChI is InChI=1S/C19H25FN4O/c1-13-17(16-7-6-15(25-3)9-18(16)20)11-22-19(23-13)21-10-14-5-4-8-24(2)12-14/h6-7,9,11,14H,4-5,8,10,12H2,1-3H3,(H,21,22,23). The van der Waals surface area contributed by atoms with Gasteiger partial charge in [0.05, 0.1) is 12.8 Å². The van der Waals surface area contributed by atoms with Crippen molar-refractivity contribution in [1.82, 2.24) is 14.9 Å². The van der Waals surface area contributed by atoms with E-state index in [1.165, 1.54) is 32.6 Å². The summed E-state index contributed by atoms with van der Waals surface area (Å²) in [4.78, 5) is 11.2. The first kappa shape index (κ1) is 17.6. The SMILES string of the molecule is COc1ccc(-c2cnc(NCC3CCCN(C)C3)nc2C)c(F)c1. The van der Waals surface area contributed by atoms with Crippen LogP contribution in [0.25, 0.3) is 11.1 Å². The van der Waals surface area contributed by atoms with Crippen LogP contribution in [0, 0.1) is 18.7 Å². The molecule has 1 aliphatic rings. The maximum atomic E-state index is 14.3. The van der Waals surface area contributed by atoms with Crippen LogP contribution >= 0.6 is 0 Å². The van der Waals surface area contributed by atoms with Crippen LogP contribution in [0.4, 0.5) is 10.3 Å². The summed E-state index contributed by atoms with van der Waals surface area (Å²) >= 11 is 0. The number of rotatable bonds is 5. The van der Waals surface area contributed by atoms with Crippen molar-refractivity contribution in [2.24, 2.45) is 5.92 Å². The van der Waals surface area contributed by atoms with E-state index in [4.69, 9.17) is 4.74 Å². The Balaban J connectivity index is 1.70. The molecular formula is C19H25FN4O. The molecule has 2 aromatic rings. The number of benzene rings is 1. The van der Waals surface area contributed by atoms with E-state index in [0.29, 0.717) is 28.7 Å². The van der Waals surface area contributed by atoms with E-state index in [0.717, 1.165) is 18.8 Å². The van der Waals surface area contributed by atoms with Gasteiger partial charge in [0.2, 0.25) is 5.95 Å². The predicted molar refractivity (Wildman–Crippen MR) is 97.4 cm³/mol. The van der Waals surface area contributed by atoms with Crippen molar-refractivity contribution in [2.75, 3.05) is 39.1 Å². The number of halogens is 1. The van der Waals surface area contributed by atoms with Crippen molar-refractivity contribution < 1.29 is 9.13 Å². The first-order valence-electron chi connectivity index (χ1n) is 8.67. The molecule has 1 aromatic heterocycles. The van der Waals surface area contributed by atoms with Gasteiger partial charge in [-0.15, -0.1) is 0 Å². The third-order valence-electron chi connectivity index (χ3n) is 4.72. The normalized spacial score (nSPS) is 18.2. The van der Waals surface area contributed by atoms with Gasteiger partial charge in [-0.2, -0.15) is 0 Å². The molecule has 0 saturated carbocycles. The number of ether oxygens (including phenoxy) is 1. The van der Waals surface area contributed by atoms with Gasteiger partial charge in [0.1, 0.15) is 11.6 Å². The Kier molecular flexibility index (Phi) is 5.48. The van der Waals surface area contributed by atoms with Gasteiger partial charge in [0.15, 0.2) is 0 Å². The summed E-state index contributed by atoms with van der Waals surface area (Å²) in [6.07, 6.45) is 4.15. The highest BCUT2D eigenvalue weighted by molar-refractivity contribution is 5.67. The Hall–Kier alpha value is -2.21. The van der Waals surface area contributed by atoms with Crippen molar-refractivity contribution in [1.29, 1.82) is 0 Å². The van der Waals surface area contributed by atoms with Crippen molar-refractivity contribution in [3.63, 3.8) is 0 Å². The molecule has 1 saturated heterocycles. The van der Waals surface area contributed by atoms with Crippen LogP contribution in [0.1, 0.15) is 18.5 Å². The number of nitrogens with zero attached hydrogens (tertiary/aromatic N) is 3. The quantitative estimate of drug-likeness (QED) is 0.901. The molecule has 0 radical (unpaired) electrons. The Morgan fingerprint density at radius 3 is 2.88 bits per heavy atom. The molecule has 1 fully saturated rings. The molecule has 2 heterocycles. The minimum absolute atomic E-state index is 0.336. The predicted octanol–water partition coefficient (Wildman–Crippen LogP) is 3.35. The van der Waals surface area contributed by atoms with Crippen LogP contribution in [0.15, 0.2) is 24.4 Å². The maximum absolute atomic E-state index is 14.3. The van der Waals surface area contributed by atoms with Gasteiger partial charge in [-0.05, 0) is 51.4 Å². The summed E-state index contributed by atoms with van der Waals surface area (Å²) in [6, 6.07) is 4.81. The number of piperidine rings is 1. The van der Waals surface area contributed by atoms with Crippen molar-refractivity contribution >= 4 is 5.95 Å². The molecule has 1 unspecified atom stereocenters. The highest BCUT2D eigenvalue weighted by Crippen LogP contribution is 2.28. The van der Waals surface area contributed by atoms with Crippen molar-refractivity contribution in [3.05, 3.63) is 35.9 Å². The van der Waals surface area contributed by atoms with E-state index in [1.807, 2.05) is 6.92 Å². The minimum atomic E-state index is -0.336. The van der Waals surface area contributed by atoms with Crippen LogP contribution < -0.4 is 10.1 Å². The summed E-state index contributed by atoms with van der Waals surface area (Å²) < 4.78 is 19.3. The summed E-state index contributed by atoms with van der Waals surface area (Å²) in [5, 5.41) is 3.32. The van der Waals surface area contributed by atoms with E-state index < -0.39 is 0 Å². The first-order chi connectivity index (χ1) is 12.1. The number of nitrogens with one attached hydrogen (secondary N) is 1. The summed E-state index contributed by atoms with van der Waals surface area (Å²) in [5.41, 5.74) is 1.93. The molecule has 1 atom stereocenters. The average Bonchev–Trinajstić information content (AvgIpc) is 2.60. The minimum Gasteiger partial charge on any atom is -0.497 e. The van der Waals surface area contributed by atoms with Gasteiger partial charge in [-0.3, -0.25) is 0 Å². The lowest BCUT2D eigenvalue weighted by Gasteiger charge is -2.29. The molecule has 0 amide bonds. The second-order valence-corrected chi connectivity index (χ2v) is 6.69. The molecule has 0 bridgehead atoms. The second kappa shape index (κ2) is 7.78. The fourth-order valence-electron chi connectivity index (χ4n) is 3.33. The van der Waals surface area contributed by atoms with Crippen LogP contribution in [0.5, 0.6) is 5.75 Å². The number of anilines is 1. The van der Waals surface area contributed by atoms with E-state index >= 15 is 0 Å². The number of likely N-dealkylation sites (tertiary alicyclic amines) is 1. The molecule has 1 aliphatic heterocycles. The molecule has 3 rings (SSSR count). The van der Waals surface area contributed by atoms with Gasteiger partial charge >= 0.3 is 0 Å². The Labute approximate surface area is 148 Å². The van der Waals surface area contributed by atoms with Gasteiger partial charge in [0, 0.05) is 36.5 Å². The Morgan fingerprint density at radius 2 is 2.20 bits per heavy atom. The number of hydrogen-bond donors (Lipinski definition) is 1. The van der Waals surface area contributed by atoms with Gasteiger partial charge in [0.25, 0.3) is 0 Å². The molecule has 5 nitrogen and oxygen atoms in total. The van der Waals surface area contributed by atoms with Crippen molar-refractivity contribution in [3.8, 4) is 16.9 Å². The molecule has 134 valence electrons. The number of methoxy groups -OCH3 is 1. The molecule has 25 heavy (non-hydrogen) atoms. The maximum Gasteiger partial charge on any atom is 0.222 e. The lowest BCUT2D eigenvalue weighted by molar-refractivity contribution is 0.217. The summed E-state index contributed by atoms with van der Waals surface area (Å²) in [5.74, 6) is 1.37. The van der Waals surface area contributed by atoms with Crippen LogP contribution in [0.3, 0.4) is 0 Å². The van der Waals surface area contributed by atoms with Gasteiger partial charge in [-0.1, -0.05) is 0 Å². The van der Waals surface area contributed by atoms with E-state index in [-0.39, 0.29) is 5.82 Å². The zero-order valence-corrected chi connectivity index (χ0v) is 15.1. The zero-order valence-electron chi connectivity index (χ0n) is 15.1. The first-order valence-corrected chi connectivity index (χ1v) is 8.67. The molecule has 0 spiro atoms. The molecule has 1 N–H and O–H groups in total. The largest absolute Gasteiger partial charge is 0.497 e. The van der Waals surface area contributed by atoms with Gasteiger partial charge in [-0.25, -0.2) is 14.4 Å². The van der Waals surface area contributed by atoms with Crippen LogP contribution in [0.2, 0.25) is 0 Å². The molecule has 1 aromatic carbocycles. The lowest BCUT2D eigenvalue weighted by Crippen LogP contribution is -2.35. The fraction of sp³-hybridized carbons (Fsp3) is 0.474. The number of aryl methyl sites for hydroxylation is 1. The Morgan fingerprint density at radius 1 is 1.36 bits per heavy atom. The lowest BCUT2D eigenvalue weighted by atomic mass is 9.99. The Bertz CT molecular complexity index is 737. The summed E-state index contributed by atoms with van der Waals surface area (Å²) in [7, 11) is 3.68. The van der Waals surface area contributed by atoms with E-state index in [1.54, 1.807) is 18.3 Å². The highest BCUT2D eigenvalue weighted by atomic mass is 19.1. The van der Waals surface area contributed by atoms with Crippen LogP contribution in [-0.4, -0.2) is 48.7 Å². The highest BCUT2D eigenvalue weighted by Gasteiger charge is 2.17. The zero-order chi connectivity index (χ0) is 17.8. The molecule has 0 aliphatic carbocycles. The fourth-order valence-corrected chi connectivity index (χ4v) is 3.33. The van der Waals surface area contributed by atoms with E-state index in [2.05, 4.69) is 27.2 Å². The second-order valence-electron chi connectivity index (χ2n) is 6.69. The average molecular weight is 344 g/mol. The summed E-state index contributed by atoms with van der Waals surface area (Å²) in [6.45, 7) is 5.01. The third kappa shape index (κ3) is 4.25. The van der Waals surface area contributed by atoms with E-state index in [9.17, 15) is 4.39 Å². The molecular weight excluding hydrogens is 319 g/mol. The monoisotopic (exact) mass is 344 g/mol. The van der Waals surface area contributed by atoms with Crippen LogP contribution in [-0.2, 0) is 0 Å². The van der Waals surface area contributed by atoms with Crippen molar-refractivity contribution in [2.45, 2.75) is 19.8 Å². The number of hydrogen-bond acceptors (Lipinski definition) is 5.